The number of hydrogen-bond acceptors (Lipinski definition) is 6. The van der Waals surface area contributed by atoms with Gasteiger partial charge in [-0.25, -0.2) is 0 Å². The van der Waals surface area contributed by atoms with Gasteiger partial charge in [0.2, 0.25) is 0 Å². The van der Waals surface area contributed by atoms with E-state index in [9.17, 15) is 9.59 Å². The topological polar surface area (TPSA) is 73.9 Å². The Morgan fingerprint density at radius 3 is 2.57 bits per heavy atom. The number of carbonyl (C=O) groups is 2. The van der Waals surface area contributed by atoms with Gasteiger partial charge in [0.15, 0.2) is 18.1 Å². The van der Waals surface area contributed by atoms with Crippen LogP contribution in [0.5, 0.6) is 11.5 Å². The van der Waals surface area contributed by atoms with Gasteiger partial charge in [0.25, 0.3) is 5.91 Å². The maximum Gasteiger partial charge on any atom is 0.310 e. The van der Waals surface area contributed by atoms with Crippen molar-refractivity contribution < 1.29 is 23.8 Å². The van der Waals surface area contributed by atoms with Gasteiger partial charge in [-0.3, -0.25) is 9.59 Å². The maximum absolute atomic E-state index is 12.5. The van der Waals surface area contributed by atoms with Gasteiger partial charge in [-0.15, -0.1) is 11.3 Å². The van der Waals surface area contributed by atoms with Gasteiger partial charge in [0.1, 0.15) is 13.2 Å². The van der Waals surface area contributed by atoms with Crippen LogP contribution in [0, 0.1) is 0 Å². The lowest BCUT2D eigenvalue weighted by atomic mass is 10.1. The Balaban J connectivity index is 1.33. The monoisotopic (exact) mass is 423 g/mol. The number of esters is 1. The smallest absolute Gasteiger partial charge is 0.310 e. The van der Waals surface area contributed by atoms with Crippen molar-refractivity contribution in [3.05, 3.63) is 82.0 Å². The highest BCUT2D eigenvalue weighted by Gasteiger charge is 2.19. The van der Waals surface area contributed by atoms with E-state index in [1.54, 1.807) is 29.5 Å². The Bertz CT molecular complexity index is 1000. The fraction of sp³-hybridized carbons (Fsp3) is 0.217. The fourth-order valence-electron chi connectivity index (χ4n) is 3.18. The highest BCUT2D eigenvalue weighted by atomic mass is 32.1. The van der Waals surface area contributed by atoms with Crippen LogP contribution in [0.1, 0.15) is 22.0 Å². The summed E-state index contributed by atoms with van der Waals surface area (Å²) in [5, 5.41) is 4.92. The Labute approximate surface area is 178 Å². The molecular formula is C23H21NO5S. The second-order valence-electron chi connectivity index (χ2n) is 6.74. The SMILES string of the molecule is O=C(COC(=O)Cc1ccc2c(c1)OCCO2)NC(c1ccccc1)c1cccs1. The summed E-state index contributed by atoms with van der Waals surface area (Å²) in [6, 6.07) is 18.6. The molecule has 0 bridgehead atoms. The van der Waals surface area contributed by atoms with Crippen molar-refractivity contribution in [3.8, 4) is 11.5 Å². The molecule has 0 fully saturated rings. The zero-order valence-corrected chi connectivity index (χ0v) is 17.0. The third kappa shape index (κ3) is 4.99. The number of ether oxygens (including phenoxy) is 3. The van der Waals surface area contributed by atoms with E-state index in [-0.39, 0.29) is 25.0 Å². The molecule has 2 aromatic carbocycles. The molecule has 0 spiro atoms. The minimum absolute atomic E-state index is 0.0525. The Morgan fingerprint density at radius 2 is 1.80 bits per heavy atom. The minimum Gasteiger partial charge on any atom is -0.486 e. The molecular weight excluding hydrogens is 402 g/mol. The molecule has 1 atom stereocenters. The van der Waals surface area contributed by atoms with E-state index in [0.717, 1.165) is 16.0 Å². The van der Waals surface area contributed by atoms with E-state index >= 15 is 0 Å². The highest BCUT2D eigenvalue weighted by Crippen LogP contribution is 2.31. The van der Waals surface area contributed by atoms with Crippen LogP contribution in [0.3, 0.4) is 0 Å². The molecule has 1 N–H and O–H groups in total. The third-order valence-corrected chi connectivity index (χ3v) is 5.52. The lowest BCUT2D eigenvalue weighted by molar-refractivity contribution is -0.148. The summed E-state index contributed by atoms with van der Waals surface area (Å²) in [4.78, 5) is 25.7. The van der Waals surface area contributed by atoms with Crippen LogP contribution >= 0.6 is 11.3 Å². The molecule has 2 heterocycles. The average Bonchev–Trinajstić information content (AvgIpc) is 3.31. The lowest BCUT2D eigenvalue weighted by Gasteiger charge is -2.19. The maximum atomic E-state index is 12.5. The van der Waals surface area contributed by atoms with Gasteiger partial charge in [-0.2, -0.15) is 0 Å². The molecule has 0 saturated heterocycles. The lowest BCUT2D eigenvalue weighted by Crippen LogP contribution is -2.32. The quantitative estimate of drug-likeness (QED) is 0.589. The number of rotatable bonds is 7. The first-order chi connectivity index (χ1) is 14.7. The van der Waals surface area contributed by atoms with Crippen LogP contribution in [-0.2, 0) is 20.7 Å². The standard InChI is InChI=1S/C23H21NO5S/c25-21(24-23(20-7-4-12-30-20)17-5-2-1-3-6-17)15-29-22(26)14-16-8-9-18-19(13-16)28-11-10-27-18/h1-9,12-13,23H,10-11,14-15H2,(H,24,25). The zero-order valence-electron chi connectivity index (χ0n) is 16.2. The third-order valence-electron chi connectivity index (χ3n) is 4.59. The summed E-state index contributed by atoms with van der Waals surface area (Å²) >= 11 is 1.56. The molecule has 30 heavy (non-hydrogen) atoms. The second-order valence-corrected chi connectivity index (χ2v) is 7.72. The molecule has 1 unspecified atom stereocenters. The largest absolute Gasteiger partial charge is 0.486 e. The fourth-order valence-corrected chi connectivity index (χ4v) is 3.99. The Hall–Kier alpha value is -3.32. The molecule has 154 valence electrons. The summed E-state index contributed by atoms with van der Waals surface area (Å²) < 4.78 is 16.2. The van der Waals surface area contributed by atoms with E-state index in [0.29, 0.717) is 24.7 Å². The molecule has 1 aliphatic heterocycles. The number of amides is 1. The molecule has 7 heteroatoms. The van der Waals surface area contributed by atoms with Crippen molar-refractivity contribution >= 4 is 23.2 Å². The van der Waals surface area contributed by atoms with Crippen molar-refractivity contribution in [1.29, 1.82) is 0 Å². The van der Waals surface area contributed by atoms with E-state index < -0.39 is 5.97 Å². The molecule has 6 nitrogen and oxygen atoms in total. The van der Waals surface area contributed by atoms with Gasteiger partial charge >= 0.3 is 5.97 Å². The van der Waals surface area contributed by atoms with Crippen molar-refractivity contribution in [3.63, 3.8) is 0 Å². The van der Waals surface area contributed by atoms with Gasteiger partial charge in [-0.1, -0.05) is 42.5 Å². The van der Waals surface area contributed by atoms with Crippen LogP contribution in [0.15, 0.2) is 66.0 Å². The summed E-state index contributed by atoms with van der Waals surface area (Å²) in [5.41, 5.74) is 1.71. The van der Waals surface area contributed by atoms with Crippen LogP contribution in [0.2, 0.25) is 0 Å². The Morgan fingerprint density at radius 1 is 1.00 bits per heavy atom. The number of carbonyl (C=O) groups excluding carboxylic acids is 2. The first-order valence-electron chi connectivity index (χ1n) is 9.61. The number of thiophene rings is 1. The number of benzene rings is 2. The summed E-state index contributed by atoms with van der Waals surface area (Å²) in [7, 11) is 0. The van der Waals surface area contributed by atoms with Crippen molar-refractivity contribution in [2.24, 2.45) is 0 Å². The predicted octanol–water partition coefficient (Wildman–Crippen LogP) is 3.51. The Kier molecular flexibility index (Phi) is 6.29. The normalized spacial score (nSPS) is 13.3. The zero-order chi connectivity index (χ0) is 20.8. The number of hydrogen-bond donors (Lipinski definition) is 1. The molecule has 0 radical (unpaired) electrons. The first kappa shape index (κ1) is 20.0. The van der Waals surface area contributed by atoms with Gasteiger partial charge in [0.05, 0.1) is 12.5 Å². The van der Waals surface area contributed by atoms with E-state index in [2.05, 4.69) is 5.32 Å². The van der Waals surface area contributed by atoms with Crippen molar-refractivity contribution in [2.75, 3.05) is 19.8 Å². The van der Waals surface area contributed by atoms with Gasteiger partial charge < -0.3 is 19.5 Å². The van der Waals surface area contributed by atoms with Crippen LogP contribution in [0.25, 0.3) is 0 Å². The molecule has 3 aromatic rings. The molecule has 1 amide bonds. The van der Waals surface area contributed by atoms with Gasteiger partial charge in [0, 0.05) is 4.88 Å². The summed E-state index contributed by atoms with van der Waals surface area (Å²) in [6.07, 6.45) is 0.0525. The number of nitrogens with one attached hydrogen (secondary N) is 1. The molecule has 4 rings (SSSR count). The average molecular weight is 423 g/mol. The van der Waals surface area contributed by atoms with Crippen molar-refractivity contribution in [2.45, 2.75) is 12.5 Å². The minimum atomic E-state index is -0.478. The summed E-state index contributed by atoms with van der Waals surface area (Å²) in [6.45, 7) is 0.658. The van der Waals surface area contributed by atoms with Crippen molar-refractivity contribution in [1.82, 2.24) is 5.32 Å². The van der Waals surface area contributed by atoms with Crippen LogP contribution < -0.4 is 14.8 Å². The van der Waals surface area contributed by atoms with Gasteiger partial charge in [-0.05, 0) is 34.7 Å². The number of fused-ring (bicyclic) bond motifs is 1. The molecule has 0 saturated carbocycles. The van der Waals surface area contributed by atoms with E-state index in [1.807, 2.05) is 47.8 Å². The predicted molar refractivity (Wildman–Crippen MR) is 113 cm³/mol. The van der Waals surface area contributed by atoms with E-state index in [4.69, 9.17) is 14.2 Å². The molecule has 1 aromatic heterocycles. The highest BCUT2D eigenvalue weighted by molar-refractivity contribution is 7.10. The summed E-state index contributed by atoms with van der Waals surface area (Å²) in [5.74, 6) is 0.450. The molecule has 0 aliphatic carbocycles. The van der Waals surface area contributed by atoms with Crippen LogP contribution in [0.4, 0.5) is 0 Å². The molecule has 1 aliphatic rings. The van der Waals surface area contributed by atoms with E-state index in [1.165, 1.54) is 0 Å². The second kappa shape index (κ2) is 9.45. The first-order valence-corrected chi connectivity index (χ1v) is 10.5. The van der Waals surface area contributed by atoms with Crippen LogP contribution in [-0.4, -0.2) is 31.7 Å².